The number of fused-ring (bicyclic) bond motifs is 1. The highest BCUT2D eigenvalue weighted by Crippen LogP contribution is 2.36. The average Bonchev–Trinajstić information content (AvgIpc) is 3.11. The van der Waals surface area contributed by atoms with Crippen molar-refractivity contribution >= 4 is 39.7 Å². The van der Waals surface area contributed by atoms with Crippen molar-refractivity contribution in [3.05, 3.63) is 65.1 Å². The van der Waals surface area contributed by atoms with Gasteiger partial charge in [0, 0.05) is 22.2 Å². The van der Waals surface area contributed by atoms with Crippen LogP contribution in [0.2, 0.25) is 4.34 Å². The predicted molar refractivity (Wildman–Crippen MR) is 101 cm³/mol. The van der Waals surface area contributed by atoms with Crippen molar-refractivity contribution < 1.29 is 0 Å². The second-order valence-electron chi connectivity index (χ2n) is 5.09. The molecule has 4 rings (SSSR count). The molecule has 0 aliphatic carbocycles. The maximum absolute atomic E-state index is 6.18. The Morgan fingerprint density at radius 1 is 1.00 bits per heavy atom. The first-order chi connectivity index (χ1) is 11.3. The van der Waals surface area contributed by atoms with Crippen LogP contribution in [0.3, 0.4) is 0 Å². The molecule has 2 aromatic heterocycles. The SMILES string of the molecule is CSc1ccc(-c2nc3sc(Cl)cn3c2-c2ccccc2)cc1. The number of benzene rings is 2. The zero-order chi connectivity index (χ0) is 15.8. The lowest BCUT2D eigenvalue weighted by Crippen LogP contribution is -1.87. The van der Waals surface area contributed by atoms with Gasteiger partial charge in [-0.2, -0.15) is 0 Å². The second-order valence-corrected chi connectivity index (χ2v) is 7.61. The lowest BCUT2D eigenvalue weighted by molar-refractivity contribution is 1.24. The Bertz CT molecular complexity index is 956. The van der Waals surface area contributed by atoms with Crippen LogP contribution in [0.25, 0.3) is 27.5 Å². The molecule has 0 saturated carbocycles. The normalized spacial score (nSPS) is 11.2. The van der Waals surface area contributed by atoms with E-state index in [1.165, 1.54) is 16.2 Å². The second kappa shape index (κ2) is 6.04. The van der Waals surface area contributed by atoms with Crippen molar-refractivity contribution in [2.75, 3.05) is 6.26 Å². The van der Waals surface area contributed by atoms with Crippen LogP contribution in [0.1, 0.15) is 0 Å². The Balaban J connectivity index is 1.96. The third kappa shape index (κ3) is 2.67. The number of nitrogens with zero attached hydrogens (tertiary/aromatic N) is 2. The minimum absolute atomic E-state index is 0.744. The molecular weight excluding hydrogens is 344 g/mol. The maximum Gasteiger partial charge on any atom is 0.196 e. The van der Waals surface area contributed by atoms with E-state index in [2.05, 4.69) is 47.1 Å². The molecule has 0 atom stereocenters. The number of aromatic nitrogens is 2. The van der Waals surface area contributed by atoms with Gasteiger partial charge in [0.1, 0.15) is 4.34 Å². The van der Waals surface area contributed by atoms with Gasteiger partial charge in [0.05, 0.1) is 11.4 Å². The third-order valence-electron chi connectivity index (χ3n) is 3.71. The third-order valence-corrected chi connectivity index (χ3v) is 5.55. The van der Waals surface area contributed by atoms with Gasteiger partial charge in [0.2, 0.25) is 0 Å². The van der Waals surface area contributed by atoms with Crippen LogP contribution in [0.15, 0.2) is 65.7 Å². The van der Waals surface area contributed by atoms with Gasteiger partial charge >= 0.3 is 0 Å². The fraction of sp³-hybridized carbons (Fsp3) is 0.0556. The van der Waals surface area contributed by atoms with Gasteiger partial charge in [-0.25, -0.2) is 4.98 Å². The molecule has 0 aliphatic rings. The summed E-state index contributed by atoms with van der Waals surface area (Å²) >= 11 is 9.41. The Morgan fingerprint density at radius 2 is 1.74 bits per heavy atom. The number of hydrogen-bond acceptors (Lipinski definition) is 3. The molecule has 0 spiro atoms. The smallest absolute Gasteiger partial charge is 0.196 e. The first kappa shape index (κ1) is 14.8. The van der Waals surface area contributed by atoms with Gasteiger partial charge in [-0.3, -0.25) is 4.40 Å². The van der Waals surface area contributed by atoms with Crippen molar-refractivity contribution in [2.45, 2.75) is 4.90 Å². The molecule has 2 heterocycles. The molecule has 0 unspecified atom stereocenters. The number of imidazole rings is 1. The van der Waals surface area contributed by atoms with Crippen molar-refractivity contribution in [1.82, 2.24) is 9.38 Å². The number of halogens is 1. The molecule has 0 aliphatic heterocycles. The van der Waals surface area contributed by atoms with Crippen LogP contribution in [0, 0.1) is 0 Å². The molecule has 0 N–H and O–H groups in total. The summed E-state index contributed by atoms with van der Waals surface area (Å²) < 4.78 is 2.83. The van der Waals surface area contributed by atoms with Crippen LogP contribution in [0.4, 0.5) is 0 Å². The summed E-state index contributed by atoms with van der Waals surface area (Å²) in [5.41, 5.74) is 4.33. The van der Waals surface area contributed by atoms with E-state index in [1.54, 1.807) is 11.8 Å². The molecule has 4 aromatic rings. The summed E-state index contributed by atoms with van der Waals surface area (Å²) in [5.74, 6) is 0. The Kier molecular flexibility index (Phi) is 3.89. The van der Waals surface area contributed by atoms with Gasteiger partial charge in [0.25, 0.3) is 0 Å². The van der Waals surface area contributed by atoms with E-state index >= 15 is 0 Å². The Labute approximate surface area is 147 Å². The highest BCUT2D eigenvalue weighted by atomic mass is 35.5. The summed E-state index contributed by atoms with van der Waals surface area (Å²) in [6.07, 6.45) is 4.02. The molecule has 2 nitrogen and oxygen atoms in total. The topological polar surface area (TPSA) is 17.3 Å². The quantitative estimate of drug-likeness (QED) is 0.412. The highest BCUT2D eigenvalue weighted by Gasteiger charge is 2.17. The zero-order valence-corrected chi connectivity index (χ0v) is 14.8. The first-order valence-corrected chi connectivity index (χ1v) is 9.55. The molecule has 0 bridgehead atoms. The van der Waals surface area contributed by atoms with E-state index in [9.17, 15) is 0 Å². The molecule has 0 radical (unpaired) electrons. The van der Waals surface area contributed by atoms with Crippen LogP contribution < -0.4 is 0 Å². The summed E-state index contributed by atoms with van der Waals surface area (Å²) in [7, 11) is 0. The van der Waals surface area contributed by atoms with Crippen molar-refractivity contribution in [3.63, 3.8) is 0 Å². The lowest BCUT2D eigenvalue weighted by atomic mass is 10.1. The van der Waals surface area contributed by atoms with Crippen LogP contribution in [0.5, 0.6) is 0 Å². The van der Waals surface area contributed by atoms with Crippen LogP contribution in [-0.2, 0) is 0 Å². The summed E-state index contributed by atoms with van der Waals surface area (Å²) in [6, 6.07) is 18.9. The van der Waals surface area contributed by atoms with Crippen LogP contribution >= 0.6 is 34.7 Å². The van der Waals surface area contributed by atoms with E-state index in [1.807, 2.05) is 24.4 Å². The van der Waals surface area contributed by atoms with E-state index in [0.717, 1.165) is 31.8 Å². The standard InChI is InChI=1S/C18H13ClN2S2/c1-22-14-9-7-12(8-10-14)16-17(13-5-3-2-4-6-13)21-11-15(19)23-18(21)20-16/h2-11H,1H3. The maximum atomic E-state index is 6.18. The summed E-state index contributed by atoms with van der Waals surface area (Å²) in [4.78, 5) is 6.99. The van der Waals surface area contributed by atoms with Gasteiger partial charge in [-0.05, 0) is 18.4 Å². The van der Waals surface area contributed by atoms with Crippen molar-refractivity contribution in [2.24, 2.45) is 0 Å². The number of rotatable bonds is 3. The molecule has 5 heteroatoms. The molecule has 0 saturated heterocycles. The molecule has 23 heavy (non-hydrogen) atoms. The van der Waals surface area contributed by atoms with Gasteiger partial charge in [0.15, 0.2) is 4.96 Å². The van der Waals surface area contributed by atoms with Crippen molar-refractivity contribution in [1.29, 1.82) is 0 Å². The van der Waals surface area contributed by atoms with Crippen molar-refractivity contribution in [3.8, 4) is 22.5 Å². The van der Waals surface area contributed by atoms with E-state index in [4.69, 9.17) is 16.6 Å². The van der Waals surface area contributed by atoms with Crippen LogP contribution in [-0.4, -0.2) is 15.6 Å². The monoisotopic (exact) mass is 356 g/mol. The molecule has 114 valence electrons. The zero-order valence-electron chi connectivity index (χ0n) is 12.4. The van der Waals surface area contributed by atoms with Gasteiger partial charge in [-0.1, -0.05) is 65.4 Å². The van der Waals surface area contributed by atoms with E-state index in [-0.39, 0.29) is 0 Å². The number of thiazole rings is 1. The number of thioether (sulfide) groups is 1. The predicted octanol–water partition coefficient (Wildman–Crippen LogP) is 6.11. The molecule has 2 aromatic carbocycles. The Morgan fingerprint density at radius 3 is 2.43 bits per heavy atom. The number of hydrogen-bond donors (Lipinski definition) is 0. The Hall–Kier alpha value is -1.75. The minimum Gasteiger partial charge on any atom is -0.288 e. The first-order valence-electron chi connectivity index (χ1n) is 7.13. The van der Waals surface area contributed by atoms with E-state index in [0.29, 0.717) is 0 Å². The lowest BCUT2D eigenvalue weighted by Gasteiger charge is -2.05. The van der Waals surface area contributed by atoms with Gasteiger partial charge in [-0.15, -0.1) is 11.8 Å². The highest BCUT2D eigenvalue weighted by molar-refractivity contribution is 7.98. The van der Waals surface area contributed by atoms with E-state index < -0.39 is 0 Å². The molecule has 0 amide bonds. The fourth-order valence-electron chi connectivity index (χ4n) is 2.64. The summed E-state index contributed by atoms with van der Waals surface area (Å²) in [6.45, 7) is 0. The minimum atomic E-state index is 0.744. The van der Waals surface area contributed by atoms with Gasteiger partial charge < -0.3 is 0 Å². The molecule has 0 fully saturated rings. The molecular formula is C18H13ClN2S2. The average molecular weight is 357 g/mol. The largest absolute Gasteiger partial charge is 0.288 e. The summed E-state index contributed by atoms with van der Waals surface area (Å²) in [5, 5.41) is 0. The fourth-order valence-corrected chi connectivity index (χ4v) is 4.07.